The van der Waals surface area contributed by atoms with Gasteiger partial charge in [0.05, 0.1) is 7.11 Å². The summed E-state index contributed by atoms with van der Waals surface area (Å²) in [6.45, 7) is 3.88. The van der Waals surface area contributed by atoms with Crippen LogP contribution in [0.1, 0.15) is 88.5 Å². The molecule has 0 amide bonds. The van der Waals surface area contributed by atoms with Crippen molar-refractivity contribution in [2.75, 3.05) is 7.11 Å². The Hall–Kier alpha value is -1.38. The third-order valence-electron chi connectivity index (χ3n) is 8.72. The van der Waals surface area contributed by atoms with Crippen LogP contribution < -0.4 is 4.74 Å². The lowest BCUT2D eigenvalue weighted by molar-refractivity contribution is 0.0620. The van der Waals surface area contributed by atoms with E-state index in [0.29, 0.717) is 5.56 Å². The van der Waals surface area contributed by atoms with Gasteiger partial charge in [0.2, 0.25) is 5.82 Å². The number of rotatable bonds is 6. The van der Waals surface area contributed by atoms with Gasteiger partial charge in [-0.15, -0.1) is 6.58 Å². The van der Waals surface area contributed by atoms with E-state index in [2.05, 4.69) is 12.7 Å². The maximum atomic E-state index is 14.5. The normalized spacial score (nSPS) is 34.2. The van der Waals surface area contributed by atoms with E-state index in [1.54, 1.807) is 12.1 Å². The first-order valence-electron chi connectivity index (χ1n) is 12.2. The zero-order valence-corrected chi connectivity index (χ0v) is 18.6. The Kier molecular flexibility index (Phi) is 7.16. The summed E-state index contributed by atoms with van der Waals surface area (Å²) in [5, 5.41) is 0. The van der Waals surface area contributed by atoms with Crippen molar-refractivity contribution in [1.82, 2.24) is 0 Å². The van der Waals surface area contributed by atoms with Crippen LogP contribution in [0.25, 0.3) is 0 Å². The number of ether oxygens (including phenoxy) is 1. The van der Waals surface area contributed by atoms with Crippen LogP contribution in [0.2, 0.25) is 0 Å². The number of benzene rings is 1. The predicted molar refractivity (Wildman–Crippen MR) is 119 cm³/mol. The molecule has 0 bridgehead atoms. The monoisotopic (exact) mass is 416 g/mol. The van der Waals surface area contributed by atoms with E-state index >= 15 is 0 Å². The van der Waals surface area contributed by atoms with Gasteiger partial charge >= 0.3 is 0 Å². The Morgan fingerprint density at radius 2 is 1.50 bits per heavy atom. The molecule has 0 heterocycles. The Balaban J connectivity index is 1.29. The fourth-order valence-corrected chi connectivity index (χ4v) is 6.99. The Morgan fingerprint density at radius 3 is 2.20 bits per heavy atom. The summed E-state index contributed by atoms with van der Waals surface area (Å²) in [5.74, 6) is 3.08. The number of fused-ring (bicyclic) bond motifs is 1. The minimum Gasteiger partial charge on any atom is -0.494 e. The average molecular weight is 417 g/mol. The Labute approximate surface area is 181 Å². The van der Waals surface area contributed by atoms with Crippen molar-refractivity contribution in [2.45, 2.75) is 83.0 Å². The van der Waals surface area contributed by atoms with Gasteiger partial charge in [0.1, 0.15) is 0 Å². The van der Waals surface area contributed by atoms with E-state index in [1.165, 1.54) is 71.3 Å². The van der Waals surface area contributed by atoms with E-state index in [9.17, 15) is 8.78 Å². The number of hydrogen-bond donors (Lipinski definition) is 0. The molecule has 0 radical (unpaired) electrons. The molecule has 1 aromatic carbocycles. The van der Waals surface area contributed by atoms with Gasteiger partial charge in [-0.05, 0) is 118 Å². The standard InChI is InChI=1S/C27H38F2O/c1-3-4-5-18-6-7-23-17-22(13-12-21(23)16-18)19-8-10-20(11-9-19)24-14-15-25(30-2)27(29)26(24)28/h3,14-15,18-23H,1,4-13,16-17H2,2H3. The SMILES string of the molecule is C=CCCC1CCC2CC(C3CCC(c4ccc(OC)c(F)c4F)CC3)CCC2C1. The van der Waals surface area contributed by atoms with Crippen molar-refractivity contribution in [3.63, 3.8) is 0 Å². The fraction of sp³-hybridized carbons (Fsp3) is 0.704. The predicted octanol–water partition coefficient (Wildman–Crippen LogP) is 8.05. The molecule has 3 aliphatic carbocycles. The first-order valence-corrected chi connectivity index (χ1v) is 12.2. The van der Waals surface area contributed by atoms with Crippen molar-refractivity contribution in [3.05, 3.63) is 42.0 Å². The molecule has 4 unspecified atom stereocenters. The van der Waals surface area contributed by atoms with Gasteiger partial charge in [-0.1, -0.05) is 18.6 Å². The second kappa shape index (κ2) is 9.83. The molecule has 166 valence electrons. The summed E-state index contributed by atoms with van der Waals surface area (Å²) in [6, 6.07) is 3.31. The van der Waals surface area contributed by atoms with Crippen LogP contribution in [-0.2, 0) is 0 Å². The summed E-state index contributed by atoms with van der Waals surface area (Å²) >= 11 is 0. The summed E-state index contributed by atoms with van der Waals surface area (Å²) in [6.07, 6.45) is 17.4. The van der Waals surface area contributed by atoms with Crippen LogP contribution in [0.5, 0.6) is 5.75 Å². The maximum absolute atomic E-state index is 14.5. The highest BCUT2D eigenvalue weighted by Gasteiger charge is 2.39. The lowest BCUT2D eigenvalue weighted by atomic mass is 9.60. The van der Waals surface area contributed by atoms with Gasteiger partial charge < -0.3 is 4.74 Å². The summed E-state index contributed by atoms with van der Waals surface area (Å²) in [4.78, 5) is 0. The zero-order valence-electron chi connectivity index (χ0n) is 18.6. The molecule has 0 aromatic heterocycles. The summed E-state index contributed by atoms with van der Waals surface area (Å²) < 4.78 is 33.6. The molecule has 3 saturated carbocycles. The van der Waals surface area contributed by atoms with Gasteiger partial charge in [0.15, 0.2) is 11.6 Å². The molecule has 1 nitrogen and oxygen atoms in total. The van der Waals surface area contributed by atoms with E-state index in [1.807, 2.05) is 0 Å². The highest BCUT2D eigenvalue weighted by molar-refractivity contribution is 5.33. The van der Waals surface area contributed by atoms with Gasteiger partial charge in [-0.3, -0.25) is 0 Å². The molecule has 3 heteroatoms. The fourth-order valence-electron chi connectivity index (χ4n) is 6.99. The second-order valence-corrected chi connectivity index (χ2v) is 10.2. The average Bonchev–Trinajstić information content (AvgIpc) is 2.79. The van der Waals surface area contributed by atoms with Crippen LogP contribution in [0.3, 0.4) is 0 Å². The van der Waals surface area contributed by atoms with Crippen molar-refractivity contribution in [2.24, 2.45) is 29.6 Å². The third-order valence-corrected chi connectivity index (χ3v) is 8.72. The molecule has 4 atom stereocenters. The van der Waals surface area contributed by atoms with E-state index in [4.69, 9.17) is 4.74 Å². The highest BCUT2D eigenvalue weighted by Crippen LogP contribution is 2.50. The van der Waals surface area contributed by atoms with E-state index in [0.717, 1.165) is 42.4 Å². The van der Waals surface area contributed by atoms with E-state index < -0.39 is 11.6 Å². The lowest BCUT2D eigenvalue weighted by Crippen LogP contribution is -2.34. The quantitative estimate of drug-likeness (QED) is 0.426. The smallest absolute Gasteiger partial charge is 0.200 e. The number of methoxy groups -OCH3 is 1. The molecule has 0 saturated heterocycles. The van der Waals surface area contributed by atoms with Crippen LogP contribution in [0, 0.1) is 41.2 Å². The lowest BCUT2D eigenvalue weighted by Gasteiger charge is -2.45. The summed E-state index contributed by atoms with van der Waals surface area (Å²) in [5.41, 5.74) is 0.549. The molecule has 30 heavy (non-hydrogen) atoms. The molecular formula is C27H38F2O. The minimum absolute atomic E-state index is 0.000842. The van der Waals surface area contributed by atoms with Crippen molar-refractivity contribution in [3.8, 4) is 5.75 Å². The van der Waals surface area contributed by atoms with Crippen molar-refractivity contribution < 1.29 is 13.5 Å². The third kappa shape index (κ3) is 4.60. The summed E-state index contributed by atoms with van der Waals surface area (Å²) in [7, 11) is 1.38. The van der Waals surface area contributed by atoms with Gasteiger partial charge in [0.25, 0.3) is 0 Å². The minimum atomic E-state index is -0.834. The van der Waals surface area contributed by atoms with Crippen LogP contribution in [-0.4, -0.2) is 7.11 Å². The highest BCUT2D eigenvalue weighted by atomic mass is 19.2. The van der Waals surface area contributed by atoms with Crippen LogP contribution >= 0.6 is 0 Å². The zero-order chi connectivity index (χ0) is 21.1. The van der Waals surface area contributed by atoms with Gasteiger partial charge in [-0.2, -0.15) is 4.39 Å². The number of halogens is 2. The largest absolute Gasteiger partial charge is 0.494 e. The Morgan fingerprint density at radius 1 is 0.867 bits per heavy atom. The van der Waals surface area contributed by atoms with Crippen LogP contribution in [0.15, 0.2) is 24.8 Å². The molecule has 0 spiro atoms. The van der Waals surface area contributed by atoms with Gasteiger partial charge in [-0.25, -0.2) is 4.39 Å². The first kappa shape index (κ1) is 21.8. The second-order valence-electron chi connectivity index (χ2n) is 10.2. The molecule has 3 fully saturated rings. The topological polar surface area (TPSA) is 9.23 Å². The molecule has 1 aromatic rings. The maximum Gasteiger partial charge on any atom is 0.200 e. The molecule has 0 aliphatic heterocycles. The van der Waals surface area contributed by atoms with Crippen LogP contribution in [0.4, 0.5) is 8.78 Å². The Bertz CT molecular complexity index is 722. The number of hydrogen-bond acceptors (Lipinski definition) is 1. The molecule has 3 aliphatic rings. The molecule has 4 rings (SSSR count). The van der Waals surface area contributed by atoms with Crippen molar-refractivity contribution >= 4 is 0 Å². The first-order chi connectivity index (χ1) is 14.6. The van der Waals surface area contributed by atoms with Crippen molar-refractivity contribution in [1.29, 1.82) is 0 Å². The molecular weight excluding hydrogens is 378 g/mol. The van der Waals surface area contributed by atoms with Gasteiger partial charge in [0, 0.05) is 0 Å². The van der Waals surface area contributed by atoms with E-state index in [-0.39, 0.29) is 11.7 Å². The molecule has 0 N–H and O–H groups in total. The number of allylic oxidation sites excluding steroid dienone is 1.